The molecular weight excluding hydrogens is 213 g/mol. The molecule has 0 aromatic heterocycles. The molecule has 0 amide bonds. The van der Waals surface area contributed by atoms with Gasteiger partial charge in [0.25, 0.3) is 0 Å². The molecule has 0 aliphatic carbocycles. The zero-order chi connectivity index (χ0) is 11.7. The number of allylic oxidation sites excluding steroid dienone is 1. The number of hydrogen-bond acceptors (Lipinski definition) is 1. The molecule has 0 radical (unpaired) electrons. The van der Waals surface area contributed by atoms with Gasteiger partial charge in [0.2, 0.25) is 0 Å². The maximum atomic E-state index is 13.4. The SMILES string of the molecule is Fc1ccccc1/C=C/C1CC2CCC(C1)N2. The van der Waals surface area contributed by atoms with Crippen LogP contribution >= 0.6 is 0 Å². The smallest absolute Gasteiger partial charge is 0.130 e. The Bertz CT molecular complexity index is 415. The topological polar surface area (TPSA) is 12.0 Å². The Morgan fingerprint density at radius 3 is 2.53 bits per heavy atom. The molecule has 2 saturated heterocycles. The second kappa shape index (κ2) is 4.61. The summed E-state index contributed by atoms with van der Waals surface area (Å²) < 4.78 is 13.4. The molecule has 2 heteroatoms. The highest BCUT2D eigenvalue weighted by molar-refractivity contribution is 5.50. The van der Waals surface area contributed by atoms with E-state index in [-0.39, 0.29) is 5.82 Å². The molecule has 1 nitrogen and oxygen atoms in total. The Hall–Kier alpha value is -1.15. The third-order valence-corrected chi connectivity index (χ3v) is 3.96. The highest BCUT2D eigenvalue weighted by Crippen LogP contribution is 2.31. The maximum Gasteiger partial charge on any atom is 0.130 e. The van der Waals surface area contributed by atoms with E-state index in [4.69, 9.17) is 0 Å². The molecule has 2 bridgehead atoms. The lowest BCUT2D eigenvalue weighted by atomic mass is 9.91. The fraction of sp³-hybridized carbons (Fsp3) is 0.467. The van der Waals surface area contributed by atoms with Crippen LogP contribution in [-0.4, -0.2) is 12.1 Å². The van der Waals surface area contributed by atoms with Crippen molar-refractivity contribution in [3.05, 3.63) is 41.7 Å². The number of halogens is 1. The lowest BCUT2D eigenvalue weighted by Gasteiger charge is -2.26. The Labute approximate surface area is 102 Å². The molecule has 3 rings (SSSR count). The minimum atomic E-state index is -0.124. The van der Waals surface area contributed by atoms with Crippen molar-refractivity contribution in [1.82, 2.24) is 5.32 Å². The van der Waals surface area contributed by atoms with Crippen molar-refractivity contribution in [2.24, 2.45) is 5.92 Å². The van der Waals surface area contributed by atoms with Crippen LogP contribution in [0.3, 0.4) is 0 Å². The molecule has 1 N–H and O–H groups in total. The van der Waals surface area contributed by atoms with Gasteiger partial charge in [-0.15, -0.1) is 0 Å². The number of hydrogen-bond donors (Lipinski definition) is 1. The molecule has 2 unspecified atom stereocenters. The zero-order valence-electron chi connectivity index (χ0n) is 9.90. The molecule has 90 valence electrons. The first-order valence-electron chi connectivity index (χ1n) is 6.50. The van der Waals surface area contributed by atoms with Gasteiger partial charge in [-0.05, 0) is 37.7 Å². The summed E-state index contributed by atoms with van der Waals surface area (Å²) in [6, 6.07) is 8.37. The Balaban J connectivity index is 1.69. The van der Waals surface area contributed by atoms with Gasteiger partial charge >= 0.3 is 0 Å². The molecule has 17 heavy (non-hydrogen) atoms. The van der Waals surface area contributed by atoms with Crippen LogP contribution in [0.1, 0.15) is 31.2 Å². The van der Waals surface area contributed by atoms with Crippen LogP contribution in [0, 0.1) is 11.7 Å². The third-order valence-electron chi connectivity index (χ3n) is 3.96. The fourth-order valence-corrected chi connectivity index (χ4v) is 3.11. The molecule has 2 heterocycles. The van der Waals surface area contributed by atoms with Crippen molar-refractivity contribution < 1.29 is 4.39 Å². The predicted molar refractivity (Wildman–Crippen MR) is 68.1 cm³/mol. The lowest BCUT2D eigenvalue weighted by molar-refractivity contribution is 0.345. The zero-order valence-corrected chi connectivity index (χ0v) is 9.90. The molecule has 1 aromatic carbocycles. The van der Waals surface area contributed by atoms with Crippen LogP contribution in [0.25, 0.3) is 6.08 Å². The van der Waals surface area contributed by atoms with Crippen LogP contribution < -0.4 is 5.32 Å². The minimum Gasteiger partial charge on any atom is -0.311 e. The van der Waals surface area contributed by atoms with E-state index < -0.39 is 0 Å². The van der Waals surface area contributed by atoms with E-state index in [1.807, 2.05) is 18.2 Å². The summed E-state index contributed by atoms with van der Waals surface area (Å²) in [5, 5.41) is 3.62. The van der Waals surface area contributed by atoms with Crippen LogP contribution in [0.5, 0.6) is 0 Å². The Kier molecular flexibility index (Phi) is 2.98. The predicted octanol–water partition coefficient (Wildman–Crippen LogP) is 3.37. The first kappa shape index (κ1) is 11.0. The summed E-state index contributed by atoms with van der Waals surface area (Å²) in [7, 11) is 0. The second-order valence-corrected chi connectivity index (χ2v) is 5.25. The van der Waals surface area contributed by atoms with Crippen LogP contribution in [-0.2, 0) is 0 Å². The quantitative estimate of drug-likeness (QED) is 0.823. The number of nitrogens with one attached hydrogen (secondary N) is 1. The van der Waals surface area contributed by atoms with Crippen molar-refractivity contribution in [2.45, 2.75) is 37.8 Å². The first-order valence-corrected chi connectivity index (χ1v) is 6.50. The molecule has 1 aromatic rings. The van der Waals surface area contributed by atoms with Gasteiger partial charge in [0.15, 0.2) is 0 Å². The molecule has 2 aliphatic rings. The average Bonchev–Trinajstić information content (AvgIpc) is 2.68. The summed E-state index contributed by atoms with van der Waals surface area (Å²) in [6.07, 6.45) is 9.20. The van der Waals surface area contributed by atoms with Crippen LogP contribution in [0.15, 0.2) is 30.3 Å². The first-order chi connectivity index (χ1) is 8.31. The molecule has 2 fully saturated rings. The number of benzene rings is 1. The monoisotopic (exact) mass is 231 g/mol. The van der Waals surface area contributed by atoms with Gasteiger partial charge in [-0.2, -0.15) is 0 Å². The Morgan fingerprint density at radius 1 is 1.12 bits per heavy atom. The van der Waals surface area contributed by atoms with Gasteiger partial charge in [-0.25, -0.2) is 4.39 Å². The standard InChI is InChI=1S/C15H18FN/c16-15-4-2-1-3-12(15)6-5-11-9-13-7-8-14(10-11)17-13/h1-6,11,13-14,17H,7-10H2/b6-5+. The molecule has 2 aliphatic heterocycles. The summed E-state index contributed by atoms with van der Waals surface area (Å²) in [5.41, 5.74) is 0.707. The normalized spacial score (nSPS) is 32.2. The van der Waals surface area contributed by atoms with Crippen LogP contribution in [0.2, 0.25) is 0 Å². The van der Waals surface area contributed by atoms with Crippen molar-refractivity contribution in [1.29, 1.82) is 0 Å². The van der Waals surface area contributed by atoms with Crippen molar-refractivity contribution in [3.8, 4) is 0 Å². The van der Waals surface area contributed by atoms with Crippen molar-refractivity contribution in [3.63, 3.8) is 0 Å². The number of rotatable bonds is 2. The van der Waals surface area contributed by atoms with E-state index in [2.05, 4.69) is 11.4 Å². The summed E-state index contributed by atoms with van der Waals surface area (Å²) in [5.74, 6) is 0.494. The molecule has 0 saturated carbocycles. The van der Waals surface area contributed by atoms with Gasteiger partial charge in [-0.3, -0.25) is 0 Å². The minimum absolute atomic E-state index is 0.124. The van der Waals surface area contributed by atoms with E-state index in [9.17, 15) is 4.39 Å². The summed E-state index contributed by atoms with van der Waals surface area (Å²) in [6.45, 7) is 0. The largest absolute Gasteiger partial charge is 0.311 e. The Morgan fingerprint density at radius 2 is 1.82 bits per heavy atom. The maximum absolute atomic E-state index is 13.4. The van der Waals surface area contributed by atoms with Crippen LogP contribution in [0.4, 0.5) is 4.39 Å². The second-order valence-electron chi connectivity index (χ2n) is 5.25. The molecule has 2 atom stereocenters. The van der Waals surface area contributed by atoms with Crippen molar-refractivity contribution >= 4 is 6.08 Å². The van der Waals surface area contributed by atoms with Gasteiger partial charge in [0.1, 0.15) is 5.82 Å². The van der Waals surface area contributed by atoms with E-state index in [0.29, 0.717) is 23.6 Å². The third kappa shape index (κ3) is 2.42. The highest BCUT2D eigenvalue weighted by atomic mass is 19.1. The van der Waals surface area contributed by atoms with Gasteiger partial charge in [-0.1, -0.05) is 30.4 Å². The molecular formula is C15H18FN. The van der Waals surface area contributed by atoms with E-state index in [1.165, 1.54) is 31.7 Å². The van der Waals surface area contributed by atoms with E-state index >= 15 is 0 Å². The number of piperidine rings is 1. The van der Waals surface area contributed by atoms with E-state index in [1.54, 1.807) is 6.07 Å². The average molecular weight is 231 g/mol. The van der Waals surface area contributed by atoms with Crippen molar-refractivity contribution in [2.75, 3.05) is 0 Å². The summed E-state index contributed by atoms with van der Waals surface area (Å²) >= 11 is 0. The molecule has 0 spiro atoms. The number of fused-ring (bicyclic) bond motifs is 2. The van der Waals surface area contributed by atoms with Gasteiger partial charge < -0.3 is 5.32 Å². The summed E-state index contributed by atoms with van der Waals surface area (Å²) in [4.78, 5) is 0. The van der Waals surface area contributed by atoms with Gasteiger partial charge in [0, 0.05) is 17.6 Å². The lowest BCUT2D eigenvalue weighted by Crippen LogP contribution is -2.37. The van der Waals surface area contributed by atoms with E-state index in [0.717, 1.165) is 0 Å². The highest BCUT2D eigenvalue weighted by Gasteiger charge is 2.32. The fourth-order valence-electron chi connectivity index (χ4n) is 3.11. The van der Waals surface area contributed by atoms with Gasteiger partial charge in [0.05, 0.1) is 0 Å².